The highest BCUT2D eigenvalue weighted by Gasteiger charge is 2.43. The standard InChI is InChI=1S/C28H35N7O2/c1-21-7-5-10-23(30-21)19-34-15-11-28(12-16-34)18-24-20-35(33-32-24)14-6-13-29-26(36)25(31-27(28)37)17-22-8-3-2-4-9-22/h2-5,7-10,20,25H,6,11-19H2,1H3,(H,29,36)(H,31,37)/t25-/m0/s1. The summed E-state index contributed by atoms with van der Waals surface area (Å²) >= 11 is 0. The van der Waals surface area contributed by atoms with E-state index in [1.165, 1.54) is 0 Å². The third kappa shape index (κ3) is 6.22. The lowest BCUT2D eigenvalue weighted by atomic mass is 9.73. The van der Waals surface area contributed by atoms with Crippen LogP contribution in [0.4, 0.5) is 0 Å². The van der Waals surface area contributed by atoms with Gasteiger partial charge in [0.25, 0.3) is 0 Å². The second-order valence-corrected chi connectivity index (χ2v) is 10.3. The van der Waals surface area contributed by atoms with Gasteiger partial charge in [-0.25, -0.2) is 0 Å². The van der Waals surface area contributed by atoms with E-state index in [4.69, 9.17) is 0 Å². The van der Waals surface area contributed by atoms with Gasteiger partial charge in [0.1, 0.15) is 6.04 Å². The monoisotopic (exact) mass is 501 g/mol. The first-order chi connectivity index (χ1) is 18.0. The molecule has 2 N–H and O–H groups in total. The van der Waals surface area contributed by atoms with Crippen molar-refractivity contribution >= 4 is 11.8 Å². The molecule has 1 aromatic carbocycles. The minimum absolute atomic E-state index is 0.0780. The Balaban J connectivity index is 1.37. The Morgan fingerprint density at radius 2 is 1.84 bits per heavy atom. The zero-order valence-electron chi connectivity index (χ0n) is 21.4. The highest BCUT2D eigenvalue weighted by molar-refractivity contribution is 5.90. The van der Waals surface area contributed by atoms with Crippen molar-refractivity contribution in [2.45, 2.75) is 58.2 Å². The zero-order chi connectivity index (χ0) is 25.7. The minimum Gasteiger partial charge on any atom is -0.354 e. The highest BCUT2D eigenvalue weighted by Crippen LogP contribution is 2.36. The number of amides is 2. The van der Waals surface area contributed by atoms with E-state index in [0.29, 0.717) is 38.8 Å². The number of nitrogens with zero attached hydrogens (tertiary/aromatic N) is 5. The molecule has 1 saturated heterocycles. The molecule has 1 fully saturated rings. The van der Waals surface area contributed by atoms with Gasteiger partial charge in [-0.1, -0.05) is 41.6 Å². The molecule has 3 aromatic rings. The largest absolute Gasteiger partial charge is 0.354 e. The number of hydrogen-bond acceptors (Lipinski definition) is 6. The second kappa shape index (κ2) is 11.2. The van der Waals surface area contributed by atoms with Gasteiger partial charge in [-0.05, 0) is 57.0 Å². The predicted octanol–water partition coefficient (Wildman–Crippen LogP) is 2.05. The van der Waals surface area contributed by atoms with Crippen LogP contribution in [0, 0.1) is 12.3 Å². The van der Waals surface area contributed by atoms with E-state index in [-0.39, 0.29) is 11.8 Å². The molecule has 9 heteroatoms. The van der Waals surface area contributed by atoms with E-state index in [1.807, 2.05) is 66.3 Å². The average molecular weight is 502 g/mol. The van der Waals surface area contributed by atoms with Gasteiger partial charge in [0.2, 0.25) is 11.8 Å². The molecule has 9 nitrogen and oxygen atoms in total. The number of aromatic nitrogens is 4. The molecule has 194 valence electrons. The van der Waals surface area contributed by atoms with Crippen molar-refractivity contribution in [3.05, 3.63) is 77.4 Å². The number of carbonyl (C=O) groups excluding carboxylic acids is 2. The fourth-order valence-electron chi connectivity index (χ4n) is 5.36. The van der Waals surface area contributed by atoms with Crippen molar-refractivity contribution < 1.29 is 9.59 Å². The molecule has 2 aliphatic rings. The maximum absolute atomic E-state index is 14.0. The van der Waals surface area contributed by atoms with Crippen LogP contribution in [0.3, 0.4) is 0 Å². The number of benzene rings is 1. The maximum Gasteiger partial charge on any atom is 0.242 e. The van der Waals surface area contributed by atoms with Crippen molar-refractivity contribution in [1.82, 2.24) is 35.5 Å². The van der Waals surface area contributed by atoms with Crippen molar-refractivity contribution in [2.75, 3.05) is 19.6 Å². The average Bonchev–Trinajstić information content (AvgIpc) is 3.34. The molecular weight excluding hydrogens is 466 g/mol. The molecular formula is C28H35N7O2. The number of pyridine rings is 1. The van der Waals surface area contributed by atoms with Crippen molar-refractivity contribution in [3.8, 4) is 0 Å². The highest BCUT2D eigenvalue weighted by atomic mass is 16.2. The van der Waals surface area contributed by atoms with Gasteiger partial charge in [0.15, 0.2) is 0 Å². The minimum atomic E-state index is -0.652. The van der Waals surface area contributed by atoms with Crippen LogP contribution in [0.1, 0.15) is 41.9 Å². The van der Waals surface area contributed by atoms with E-state index in [2.05, 4.69) is 30.8 Å². The maximum atomic E-state index is 14.0. The Kier molecular flexibility index (Phi) is 7.60. The number of carbonyl (C=O) groups is 2. The van der Waals surface area contributed by atoms with E-state index in [0.717, 1.165) is 48.7 Å². The fourth-order valence-corrected chi connectivity index (χ4v) is 5.36. The molecule has 1 atom stereocenters. The first-order valence-corrected chi connectivity index (χ1v) is 13.2. The van der Waals surface area contributed by atoms with Gasteiger partial charge < -0.3 is 10.6 Å². The summed E-state index contributed by atoms with van der Waals surface area (Å²) < 4.78 is 1.81. The molecule has 4 heterocycles. The van der Waals surface area contributed by atoms with E-state index >= 15 is 0 Å². The summed E-state index contributed by atoms with van der Waals surface area (Å²) in [4.78, 5) is 34.2. The quantitative estimate of drug-likeness (QED) is 0.567. The van der Waals surface area contributed by atoms with E-state index < -0.39 is 11.5 Å². The van der Waals surface area contributed by atoms with Gasteiger partial charge in [-0.3, -0.25) is 24.2 Å². The molecule has 1 spiro atoms. The van der Waals surface area contributed by atoms with E-state index in [1.54, 1.807) is 0 Å². The molecule has 2 aliphatic heterocycles. The molecule has 0 radical (unpaired) electrons. The van der Waals surface area contributed by atoms with Gasteiger partial charge in [-0.2, -0.15) is 0 Å². The molecule has 0 aliphatic carbocycles. The number of likely N-dealkylation sites (tertiary alicyclic amines) is 1. The number of piperidine rings is 1. The van der Waals surface area contributed by atoms with Crippen molar-refractivity contribution in [2.24, 2.45) is 5.41 Å². The van der Waals surface area contributed by atoms with Gasteiger partial charge in [-0.15, -0.1) is 5.10 Å². The SMILES string of the molecule is Cc1cccc(CN2CCC3(CC2)Cc2cn(nn2)CCCNC(=O)[C@H](Cc2ccccc2)NC3=O)n1. The summed E-state index contributed by atoms with van der Waals surface area (Å²) in [5.41, 5.74) is 3.23. The number of rotatable bonds is 4. The second-order valence-electron chi connectivity index (χ2n) is 10.3. The van der Waals surface area contributed by atoms with Crippen LogP contribution in [0.15, 0.2) is 54.7 Å². The third-order valence-electron chi connectivity index (χ3n) is 7.50. The summed E-state index contributed by atoms with van der Waals surface area (Å²) in [7, 11) is 0. The molecule has 2 aromatic heterocycles. The Hall–Kier alpha value is -3.59. The van der Waals surface area contributed by atoms with Crippen LogP contribution in [-0.4, -0.2) is 62.4 Å². The Morgan fingerprint density at radius 3 is 2.62 bits per heavy atom. The molecule has 2 amide bonds. The lowest BCUT2D eigenvalue weighted by Crippen LogP contribution is -2.56. The van der Waals surface area contributed by atoms with Gasteiger partial charge >= 0.3 is 0 Å². The predicted molar refractivity (Wildman–Crippen MR) is 139 cm³/mol. The van der Waals surface area contributed by atoms with Crippen LogP contribution in [0.5, 0.6) is 0 Å². The number of aryl methyl sites for hydroxylation is 2. The van der Waals surface area contributed by atoms with Crippen LogP contribution >= 0.6 is 0 Å². The van der Waals surface area contributed by atoms with Crippen molar-refractivity contribution in [1.29, 1.82) is 0 Å². The third-order valence-corrected chi connectivity index (χ3v) is 7.50. The zero-order valence-corrected chi connectivity index (χ0v) is 21.4. The summed E-state index contributed by atoms with van der Waals surface area (Å²) in [6.45, 7) is 5.49. The van der Waals surface area contributed by atoms with Gasteiger partial charge in [0.05, 0.1) is 16.8 Å². The first-order valence-electron chi connectivity index (χ1n) is 13.2. The molecule has 2 bridgehead atoms. The smallest absolute Gasteiger partial charge is 0.242 e. The lowest BCUT2D eigenvalue weighted by Gasteiger charge is -2.41. The molecule has 5 rings (SSSR count). The summed E-state index contributed by atoms with van der Waals surface area (Å²) in [6, 6.07) is 15.3. The lowest BCUT2D eigenvalue weighted by molar-refractivity contribution is -0.137. The van der Waals surface area contributed by atoms with E-state index in [9.17, 15) is 9.59 Å². The normalized spacial score (nSPS) is 20.8. The summed E-state index contributed by atoms with van der Waals surface area (Å²) in [5, 5.41) is 14.8. The van der Waals surface area contributed by atoms with Crippen molar-refractivity contribution in [3.63, 3.8) is 0 Å². The van der Waals surface area contributed by atoms with Crippen LogP contribution in [0.2, 0.25) is 0 Å². The first kappa shape index (κ1) is 25.1. The fraction of sp³-hybridized carbons (Fsp3) is 0.464. The molecule has 0 unspecified atom stereocenters. The van der Waals surface area contributed by atoms with Crippen LogP contribution in [-0.2, 0) is 35.5 Å². The van der Waals surface area contributed by atoms with Gasteiger partial charge in [0, 0.05) is 44.4 Å². The number of nitrogens with one attached hydrogen (secondary N) is 2. The summed E-state index contributed by atoms with van der Waals surface area (Å²) in [6.07, 6.45) is 5.00. The summed E-state index contributed by atoms with van der Waals surface area (Å²) in [5.74, 6) is -0.223. The Bertz CT molecular complexity index is 1220. The number of fused-ring (bicyclic) bond motifs is 2. The molecule has 37 heavy (non-hydrogen) atoms. The Morgan fingerprint density at radius 1 is 1.03 bits per heavy atom. The topological polar surface area (TPSA) is 105 Å². The molecule has 0 saturated carbocycles. The van der Waals surface area contributed by atoms with Crippen LogP contribution < -0.4 is 10.6 Å². The van der Waals surface area contributed by atoms with Crippen LogP contribution in [0.25, 0.3) is 0 Å². The number of hydrogen-bond donors (Lipinski definition) is 2. The Labute approximate surface area is 217 Å².